The fourth-order valence-electron chi connectivity index (χ4n) is 5.38. The Morgan fingerprint density at radius 2 is 1.74 bits per heavy atom. The summed E-state index contributed by atoms with van der Waals surface area (Å²) >= 11 is 6.88. The Kier molecular flexibility index (Phi) is 7.80. The van der Waals surface area contributed by atoms with E-state index in [2.05, 4.69) is 9.56 Å². The van der Waals surface area contributed by atoms with Crippen LogP contribution in [0.1, 0.15) is 46.6 Å². The zero-order chi connectivity index (χ0) is 30.5. The molecule has 0 aliphatic carbocycles. The van der Waals surface area contributed by atoms with Crippen molar-refractivity contribution in [2.75, 3.05) is 6.61 Å². The van der Waals surface area contributed by atoms with Crippen molar-refractivity contribution < 1.29 is 22.7 Å². The van der Waals surface area contributed by atoms with Gasteiger partial charge in [0.25, 0.3) is 5.56 Å². The number of rotatable bonds is 5. The number of hydrogen-bond acceptors (Lipinski definition) is 5. The van der Waals surface area contributed by atoms with Gasteiger partial charge in [0, 0.05) is 16.4 Å². The van der Waals surface area contributed by atoms with Crippen molar-refractivity contribution in [3.05, 3.63) is 118 Å². The van der Waals surface area contributed by atoms with Crippen LogP contribution >= 0.6 is 22.9 Å². The molecule has 0 N–H and O–H groups in total. The molecule has 0 saturated heterocycles. The zero-order valence-corrected chi connectivity index (χ0v) is 25.0. The first kappa shape index (κ1) is 29.6. The van der Waals surface area contributed by atoms with Crippen molar-refractivity contribution in [2.45, 2.75) is 46.8 Å². The number of nitrogens with zero attached hydrogens (tertiary/aromatic N) is 3. The van der Waals surface area contributed by atoms with Gasteiger partial charge >= 0.3 is 12.1 Å². The summed E-state index contributed by atoms with van der Waals surface area (Å²) in [7, 11) is 0. The third-order valence-corrected chi connectivity index (χ3v) is 8.44. The molecule has 6 nitrogen and oxygen atoms in total. The van der Waals surface area contributed by atoms with E-state index in [-0.39, 0.29) is 21.5 Å². The second kappa shape index (κ2) is 11.1. The molecule has 0 radical (unpaired) electrons. The van der Waals surface area contributed by atoms with Crippen LogP contribution in [0.25, 0.3) is 11.8 Å². The topological polar surface area (TPSA) is 65.6 Å². The highest BCUT2D eigenvalue weighted by Gasteiger charge is 2.45. The minimum atomic E-state index is -4.97. The molecular formula is C31H27ClF3N3O3S. The number of esters is 1. The minimum Gasteiger partial charge on any atom is -0.463 e. The molecule has 218 valence electrons. The molecule has 42 heavy (non-hydrogen) atoms. The van der Waals surface area contributed by atoms with Crippen molar-refractivity contribution in [1.29, 1.82) is 0 Å². The van der Waals surface area contributed by atoms with E-state index < -0.39 is 35.0 Å². The van der Waals surface area contributed by atoms with Gasteiger partial charge < -0.3 is 9.30 Å². The lowest BCUT2D eigenvalue weighted by atomic mass is 9.95. The van der Waals surface area contributed by atoms with Crippen LogP contribution in [0.3, 0.4) is 0 Å². The van der Waals surface area contributed by atoms with E-state index in [0.717, 1.165) is 49.7 Å². The summed E-state index contributed by atoms with van der Waals surface area (Å²) in [5.74, 6) is -1.19. The lowest BCUT2D eigenvalue weighted by Crippen LogP contribution is -2.41. The van der Waals surface area contributed by atoms with E-state index >= 15 is 0 Å². The summed E-state index contributed by atoms with van der Waals surface area (Å²) in [6, 6.07) is 12.5. The van der Waals surface area contributed by atoms with Crippen molar-refractivity contribution in [2.24, 2.45) is 4.99 Å². The number of benzene rings is 2. The molecular weight excluding hydrogens is 587 g/mol. The highest BCUT2D eigenvalue weighted by atomic mass is 35.5. The van der Waals surface area contributed by atoms with Gasteiger partial charge in [-0.3, -0.25) is 9.36 Å². The molecule has 3 heterocycles. The molecule has 0 bridgehead atoms. The van der Waals surface area contributed by atoms with E-state index in [1.807, 2.05) is 52.0 Å². The van der Waals surface area contributed by atoms with Crippen LogP contribution in [-0.4, -0.2) is 27.9 Å². The fraction of sp³-hybridized carbons (Fsp3) is 0.258. The van der Waals surface area contributed by atoms with Gasteiger partial charge in [-0.2, -0.15) is 13.2 Å². The SMILES string of the molecule is CCOC(=O)C1=C(C(F)(F)F)N=c2s/c(=C\c3cc(C)n(-c4c(C)cccc4C)c3C)c(=O)n2[C@H]1c1ccc(Cl)cc1. The number of allylic oxidation sites excluding steroid dienone is 1. The average Bonchev–Trinajstić information content (AvgIpc) is 3.38. The largest absolute Gasteiger partial charge is 0.463 e. The van der Waals surface area contributed by atoms with Crippen molar-refractivity contribution in [3.63, 3.8) is 0 Å². The first-order valence-corrected chi connectivity index (χ1v) is 14.3. The van der Waals surface area contributed by atoms with Crippen LogP contribution in [0.15, 0.2) is 69.6 Å². The van der Waals surface area contributed by atoms with Gasteiger partial charge in [0.05, 0.1) is 28.4 Å². The van der Waals surface area contributed by atoms with Crippen molar-refractivity contribution in [3.8, 4) is 5.69 Å². The van der Waals surface area contributed by atoms with Gasteiger partial charge in [-0.1, -0.05) is 53.3 Å². The van der Waals surface area contributed by atoms with Crippen LogP contribution in [0.4, 0.5) is 13.2 Å². The Morgan fingerprint density at radius 3 is 2.33 bits per heavy atom. The Balaban J connectivity index is 1.77. The Morgan fingerprint density at radius 1 is 1.10 bits per heavy atom. The first-order chi connectivity index (χ1) is 19.8. The average molecular weight is 614 g/mol. The Bertz CT molecular complexity index is 1910. The number of fused-ring (bicyclic) bond motifs is 1. The first-order valence-electron chi connectivity index (χ1n) is 13.1. The monoisotopic (exact) mass is 613 g/mol. The number of carbonyl (C=O) groups excluding carboxylic acids is 1. The number of thiazole rings is 1. The second-order valence-electron chi connectivity index (χ2n) is 10.0. The third-order valence-electron chi connectivity index (χ3n) is 7.20. The van der Waals surface area contributed by atoms with Gasteiger partial charge in [0.2, 0.25) is 0 Å². The lowest BCUT2D eigenvalue weighted by molar-refractivity contribution is -0.140. The van der Waals surface area contributed by atoms with Crippen LogP contribution in [0.5, 0.6) is 0 Å². The number of alkyl halides is 3. The number of hydrogen-bond donors (Lipinski definition) is 0. The van der Waals surface area contributed by atoms with E-state index in [9.17, 15) is 22.8 Å². The summed E-state index contributed by atoms with van der Waals surface area (Å²) in [6.07, 6.45) is -3.31. The minimum absolute atomic E-state index is 0.152. The molecule has 1 atom stereocenters. The number of aryl methyl sites for hydroxylation is 3. The van der Waals surface area contributed by atoms with Crippen molar-refractivity contribution in [1.82, 2.24) is 9.13 Å². The predicted octanol–water partition coefficient (Wildman–Crippen LogP) is 6.02. The predicted molar refractivity (Wildman–Crippen MR) is 157 cm³/mol. The van der Waals surface area contributed by atoms with E-state index in [0.29, 0.717) is 5.02 Å². The molecule has 2 aromatic carbocycles. The molecule has 4 aromatic rings. The number of carbonyl (C=O) groups is 1. The maximum atomic E-state index is 14.3. The summed E-state index contributed by atoms with van der Waals surface area (Å²) in [5, 5.41) is 0.350. The number of ether oxygens (including phenoxy) is 1. The van der Waals surface area contributed by atoms with Gasteiger partial charge in [0.15, 0.2) is 10.5 Å². The molecule has 0 amide bonds. The van der Waals surface area contributed by atoms with E-state index in [4.69, 9.17) is 16.3 Å². The van der Waals surface area contributed by atoms with Crippen LogP contribution in [0, 0.1) is 27.7 Å². The van der Waals surface area contributed by atoms with Crippen LogP contribution in [0.2, 0.25) is 5.02 Å². The van der Waals surface area contributed by atoms with Gasteiger partial charge in [-0.25, -0.2) is 9.79 Å². The summed E-state index contributed by atoms with van der Waals surface area (Å²) in [4.78, 5) is 30.6. The molecule has 11 heteroatoms. The summed E-state index contributed by atoms with van der Waals surface area (Å²) in [5.41, 5.74) is 3.29. The Hall–Kier alpha value is -3.89. The molecule has 1 aliphatic rings. The van der Waals surface area contributed by atoms with Gasteiger partial charge in [-0.15, -0.1) is 0 Å². The standard InChI is InChI=1S/C31H27ClF3N3O3S/c1-6-41-29(40)24-26(20-10-12-22(32)13-11-20)38-28(39)23(42-30(38)36-27(24)31(33,34)35)15-21-14-18(4)37(19(21)5)25-16(2)8-7-9-17(25)3/h7-15,26H,6H2,1-5H3/b23-15-/t26-/m0/s1. The maximum Gasteiger partial charge on any atom is 0.434 e. The molecule has 2 aromatic heterocycles. The number of aromatic nitrogens is 2. The summed E-state index contributed by atoms with van der Waals surface area (Å²) in [6.45, 7) is 9.27. The molecule has 1 aliphatic heterocycles. The maximum absolute atomic E-state index is 14.3. The lowest BCUT2D eigenvalue weighted by Gasteiger charge is -2.26. The van der Waals surface area contributed by atoms with Crippen LogP contribution in [-0.2, 0) is 9.53 Å². The normalized spacial score (nSPS) is 15.5. The highest BCUT2D eigenvalue weighted by Crippen LogP contribution is 2.38. The smallest absolute Gasteiger partial charge is 0.434 e. The number of para-hydroxylation sites is 1. The molecule has 0 saturated carbocycles. The van der Waals surface area contributed by atoms with Crippen molar-refractivity contribution >= 4 is 35.0 Å². The Labute approximate surface area is 248 Å². The van der Waals surface area contributed by atoms with Gasteiger partial charge in [0.1, 0.15) is 0 Å². The van der Waals surface area contributed by atoms with E-state index in [1.165, 1.54) is 31.2 Å². The fourth-order valence-corrected chi connectivity index (χ4v) is 6.50. The molecule has 5 rings (SSSR count). The second-order valence-corrected chi connectivity index (χ2v) is 11.5. The third kappa shape index (κ3) is 5.13. The van der Waals surface area contributed by atoms with E-state index in [1.54, 1.807) is 6.08 Å². The summed E-state index contributed by atoms with van der Waals surface area (Å²) < 4.78 is 51.5. The van der Waals surface area contributed by atoms with Crippen LogP contribution < -0.4 is 14.9 Å². The molecule has 0 spiro atoms. The molecule has 0 fully saturated rings. The highest BCUT2D eigenvalue weighted by molar-refractivity contribution is 7.07. The quantitative estimate of drug-likeness (QED) is 0.259. The number of halogens is 4. The van der Waals surface area contributed by atoms with Gasteiger partial charge in [-0.05, 0) is 81.1 Å². The zero-order valence-electron chi connectivity index (χ0n) is 23.5. The molecule has 0 unspecified atom stereocenters.